The molecule has 0 bridgehead atoms. The van der Waals surface area contributed by atoms with Gasteiger partial charge < -0.3 is 10.8 Å². The topological polar surface area (TPSA) is 76.2 Å². The lowest BCUT2D eigenvalue weighted by atomic mass is 9.99. The van der Waals surface area contributed by atoms with Crippen molar-refractivity contribution < 1.29 is 9.90 Å². The molecule has 2 aromatic rings. The van der Waals surface area contributed by atoms with E-state index in [1.807, 2.05) is 12.1 Å². The Morgan fingerprint density at radius 3 is 2.94 bits per heavy atom. The van der Waals surface area contributed by atoms with Gasteiger partial charge in [0.25, 0.3) is 0 Å². The van der Waals surface area contributed by atoms with Crippen molar-refractivity contribution in [3.63, 3.8) is 0 Å². The summed E-state index contributed by atoms with van der Waals surface area (Å²) in [5, 5.41) is 10.1. The number of rotatable bonds is 4. The van der Waals surface area contributed by atoms with Gasteiger partial charge in [-0.25, -0.2) is 4.98 Å². The van der Waals surface area contributed by atoms with Crippen LogP contribution in [0.25, 0.3) is 10.2 Å². The molecular formula is C12H14N2O2S. The molecule has 0 aliphatic heterocycles. The standard InChI is InChI=1S/C12H14N2O2S/c1-2-11-14-9-4-3-7(5-10(9)17-11)8(6-13)12(15)16/h3-5,8H,2,6,13H2,1H3,(H,15,16). The normalized spacial score (nSPS) is 12.8. The number of fused-ring (bicyclic) bond motifs is 1. The largest absolute Gasteiger partial charge is 0.481 e. The molecule has 17 heavy (non-hydrogen) atoms. The lowest BCUT2D eigenvalue weighted by Gasteiger charge is -2.09. The first kappa shape index (κ1) is 12.0. The summed E-state index contributed by atoms with van der Waals surface area (Å²) in [5.41, 5.74) is 7.16. The Labute approximate surface area is 103 Å². The van der Waals surface area contributed by atoms with Gasteiger partial charge >= 0.3 is 5.97 Å². The van der Waals surface area contributed by atoms with Gasteiger partial charge in [0, 0.05) is 6.54 Å². The van der Waals surface area contributed by atoms with Crippen LogP contribution in [0.15, 0.2) is 18.2 Å². The Morgan fingerprint density at radius 1 is 1.59 bits per heavy atom. The van der Waals surface area contributed by atoms with E-state index in [-0.39, 0.29) is 6.54 Å². The van der Waals surface area contributed by atoms with Crippen molar-refractivity contribution in [2.45, 2.75) is 19.3 Å². The SMILES string of the molecule is CCc1nc2ccc(C(CN)C(=O)O)cc2s1. The first-order valence-corrected chi connectivity index (χ1v) is 6.29. The first-order chi connectivity index (χ1) is 8.15. The molecule has 1 aromatic heterocycles. The van der Waals surface area contributed by atoms with Gasteiger partial charge in [-0.3, -0.25) is 4.79 Å². The Morgan fingerprint density at radius 2 is 2.35 bits per heavy atom. The second-order valence-electron chi connectivity index (χ2n) is 3.81. The van der Waals surface area contributed by atoms with Crippen LogP contribution < -0.4 is 5.73 Å². The summed E-state index contributed by atoms with van der Waals surface area (Å²) in [6.07, 6.45) is 0.897. The molecular weight excluding hydrogens is 236 g/mol. The van der Waals surface area contributed by atoms with E-state index in [2.05, 4.69) is 11.9 Å². The Hall–Kier alpha value is -1.46. The second-order valence-corrected chi connectivity index (χ2v) is 4.93. The minimum Gasteiger partial charge on any atom is -0.481 e. The van der Waals surface area contributed by atoms with Crippen molar-refractivity contribution in [3.05, 3.63) is 28.8 Å². The van der Waals surface area contributed by atoms with Crippen LogP contribution in [0.5, 0.6) is 0 Å². The number of thiazole rings is 1. The minimum atomic E-state index is -0.882. The molecule has 0 amide bonds. The molecule has 1 heterocycles. The zero-order valence-electron chi connectivity index (χ0n) is 9.51. The van der Waals surface area contributed by atoms with E-state index in [1.165, 1.54) is 0 Å². The van der Waals surface area contributed by atoms with Crippen molar-refractivity contribution in [2.24, 2.45) is 5.73 Å². The Balaban J connectivity index is 2.46. The summed E-state index contributed by atoms with van der Waals surface area (Å²) in [7, 11) is 0. The highest BCUT2D eigenvalue weighted by Crippen LogP contribution is 2.26. The van der Waals surface area contributed by atoms with Gasteiger partial charge in [-0.15, -0.1) is 11.3 Å². The number of carboxylic acid groups (broad SMARTS) is 1. The number of nitrogens with two attached hydrogens (primary N) is 1. The average Bonchev–Trinajstić information content (AvgIpc) is 2.71. The summed E-state index contributed by atoms with van der Waals surface area (Å²) in [5.74, 6) is -1.52. The molecule has 0 fully saturated rings. The van der Waals surface area contributed by atoms with Gasteiger partial charge in [0.05, 0.1) is 21.1 Å². The lowest BCUT2D eigenvalue weighted by Crippen LogP contribution is -2.20. The molecule has 0 spiro atoms. The van der Waals surface area contributed by atoms with E-state index in [9.17, 15) is 4.79 Å². The van der Waals surface area contributed by atoms with Crippen molar-refractivity contribution in [3.8, 4) is 0 Å². The number of hydrogen-bond acceptors (Lipinski definition) is 4. The number of aromatic nitrogens is 1. The monoisotopic (exact) mass is 250 g/mol. The molecule has 1 aromatic carbocycles. The fourth-order valence-electron chi connectivity index (χ4n) is 1.74. The van der Waals surface area contributed by atoms with Gasteiger partial charge in [0.15, 0.2) is 0 Å². The third-order valence-electron chi connectivity index (χ3n) is 2.70. The molecule has 3 N–H and O–H groups in total. The summed E-state index contributed by atoms with van der Waals surface area (Å²) in [4.78, 5) is 15.5. The summed E-state index contributed by atoms with van der Waals surface area (Å²) >= 11 is 1.61. The molecule has 4 nitrogen and oxygen atoms in total. The number of aryl methyl sites for hydroxylation is 1. The third-order valence-corrected chi connectivity index (χ3v) is 3.86. The quantitative estimate of drug-likeness (QED) is 0.870. The van der Waals surface area contributed by atoms with E-state index in [0.717, 1.165) is 27.2 Å². The number of carbonyl (C=O) groups is 1. The maximum absolute atomic E-state index is 11.0. The highest BCUT2D eigenvalue weighted by atomic mass is 32.1. The molecule has 5 heteroatoms. The average molecular weight is 250 g/mol. The Bertz CT molecular complexity index is 550. The van der Waals surface area contributed by atoms with Crippen molar-refractivity contribution in [1.82, 2.24) is 4.98 Å². The predicted molar refractivity (Wildman–Crippen MR) is 68.4 cm³/mol. The van der Waals surface area contributed by atoms with Gasteiger partial charge in [0.1, 0.15) is 0 Å². The zero-order chi connectivity index (χ0) is 12.4. The van der Waals surface area contributed by atoms with Crippen LogP contribution in [0.4, 0.5) is 0 Å². The van der Waals surface area contributed by atoms with E-state index in [4.69, 9.17) is 10.8 Å². The van der Waals surface area contributed by atoms with Crippen molar-refractivity contribution in [2.75, 3.05) is 6.54 Å². The zero-order valence-corrected chi connectivity index (χ0v) is 10.3. The van der Waals surface area contributed by atoms with Crippen LogP contribution in [0.2, 0.25) is 0 Å². The number of aliphatic carboxylic acids is 1. The highest BCUT2D eigenvalue weighted by Gasteiger charge is 2.18. The van der Waals surface area contributed by atoms with Gasteiger partial charge in [-0.05, 0) is 24.1 Å². The minimum absolute atomic E-state index is 0.111. The second kappa shape index (κ2) is 4.81. The number of nitrogens with zero attached hydrogens (tertiary/aromatic N) is 1. The highest BCUT2D eigenvalue weighted by molar-refractivity contribution is 7.18. The molecule has 0 aliphatic rings. The van der Waals surface area contributed by atoms with Gasteiger partial charge in [-0.1, -0.05) is 13.0 Å². The van der Waals surface area contributed by atoms with Crippen LogP contribution in [0.3, 0.4) is 0 Å². The van der Waals surface area contributed by atoms with Crippen LogP contribution in [-0.4, -0.2) is 22.6 Å². The maximum Gasteiger partial charge on any atom is 0.312 e. The number of benzene rings is 1. The summed E-state index contributed by atoms with van der Waals surface area (Å²) < 4.78 is 1.03. The summed E-state index contributed by atoms with van der Waals surface area (Å²) in [6.45, 7) is 2.17. The third kappa shape index (κ3) is 2.30. The molecule has 0 saturated carbocycles. The van der Waals surface area contributed by atoms with E-state index < -0.39 is 11.9 Å². The van der Waals surface area contributed by atoms with Crippen LogP contribution in [0, 0.1) is 0 Å². The van der Waals surface area contributed by atoms with Crippen molar-refractivity contribution in [1.29, 1.82) is 0 Å². The molecule has 2 rings (SSSR count). The molecule has 0 radical (unpaired) electrons. The van der Waals surface area contributed by atoms with Crippen LogP contribution >= 0.6 is 11.3 Å². The first-order valence-electron chi connectivity index (χ1n) is 5.48. The van der Waals surface area contributed by atoms with Crippen molar-refractivity contribution >= 4 is 27.5 Å². The van der Waals surface area contributed by atoms with E-state index in [1.54, 1.807) is 17.4 Å². The molecule has 1 atom stereocenters. The number of carboxylic acids is 1. The van der Waals surface area contributed by atoms with Gasteiger partial charge in [0.2, 0.25) is 0 Å². The summed E-state index contributed by atoms with van der Waals surface area (Å²) in [6, 6.07) is 5.55. The molecule has 1 unspecified atom stereocenters. The fraction of sp³-hybridized carbons (Fsp3) is 0.333. The lowest BCUT2D eigenvalue weighted by molar-refractivity contribution is -0.138. The van der Waals surface area contributed by atoms with Crippen LogP contribution in [0.1, 0.15) is 23.4 Å². The predicted octanol–water partition coefficient (Wildman–Crippen LogP) is 1.99. The van der Waals surface area contributed by atoms with Gasteiger partial charge in [-0.2, -0.15) is 0 Å². The fourth-order valence-corrected chi connectivity index (χ4v) is 2.69. The number of hydrogen-bond donors (Lipinski definition) is 2. The molecule has 90 valence electrons. The maximum atomic E-state index is 11.0. The molecule has 0 aliphatic carbocycles. The van der Waals surface area contributed by atoms with E-state index in [0.29, 0.717) is 0 Å². The smallest absolute Gasteiger partial charge is 0.312 e. The van der Waals surface area contributed by atoms with Crippen LogP contribution in [-0.2, 0) is 11.2 Å². The van der Waals surface area contributed by atoms with E-state index >= 15 is 0 Å². The molecule has 0 saturated heterocycles. The Kier molecular flexibility index (Phi) is 3.40.